The molecule has 6 nitrogen and oxygen atoms in total. The van der Waals surface area contributed by atoms with E-state index in [0.29, 0.717) is 30.4 Å². The lowest BCUT2D eigenvalue weighted by Crippen LogP contribution is -2.05. The molecule has 0 bridgehead atoms. The summed E-state index contributed by atoms with van der Waals surface area (Å²) in [6.45, 7) is 4.20. The van der Waals surface area contributed by atoms with Gasteiger partial charge < -0.3 is 4.52 Å². The van der Waals surface area contributed by atoms with Crippen LogP contribution in [0, 0.1) is 6.92 Å². The van der Waals surface area contributed by atoms with Crippen LogP contribution < -0.4 is 0 Å². The molecule has 0 aliphatic carbocycles. The maximum Gasteiger partial charge on any atom is 0.278 e. The quantitative estimate of drug-likeness (QED) is 0.510. The maximum absolute atomic E-state index is 11.4. The fourth-order valence-electron chi connectivity index (χ4n) is 3.11. The van der Waals surface area contributed by atoms with Crippen molar-refractivity contribution in [3.05, 3.63) is 77.5 Å². The van der Waals surface area contributed by atoms with E-state index in [2.05, 4.69) is 15.2 Å². The van der Waals surface area contributed by atoms with E-state index in [1.165, 1.54) is 0 Å². The Balaban J connectivity index is 1.56. The van der Waals surface area contributed by atoms with Crippen molar-refractivity contribution in [3.8, 4) is 23.0 Å². The van der Waals surface area contributed by atoms with Crippen LogP contribution in [0.1, 0.15) is 23.7 Å². The van der Waals surface area contributed by atoms with E-state index < -0.39 is 0 Å². The highest BCUT2D eigenvalue weighted by atomic mass is 16.5. The first kappa shape index (κ1) is 17.9. The molecule has 0 saturated carbocycles. The summed E-state index contributed by atoms with van der Waals surface area (Å²) in [6.07, 6.45) is 0.446. The maximum atomic E-state index is 11.4. The van der Waals surface area contributed by atoms with E-state index in [9.17, 15) is 4.79 Å². The van der Waals surface area contributed by atoms with Crippen LogP contribution in [0.2, 0.25) is 0 Å². The highest BCUT2D eigenvalue weighted by Crippen LogP contribution is 2.22. The lowest BCUT2D eigenvalue weighted by atomic mass is 10.1. The van der Waals surface area contributed by atoms with Crippen molar-refractivity contribution in [2.24, 2.45) is 0 Å². The summed E-state index contributed by atoms with van der Waals surface area (Å²) >= 11 is 0. The minimum absolute atomic E-state index is 0.153. The minimum atomic E-state index is 0.153. The Labute approximate surface area is 162 Å². The van der Waals surface area contributed by atoms with E-state index >= 15 is 0 Å². The summed E-state index contributed by atoms with van der Waals surface area (Å²) in [5.74, 6) is 1.09. The number of carbonyl (C=O) groups excluding carboxylic acids is 1. The van der Waals surface area contributed by atoms with Crippen LogP contribution in [0.15, 0.2) is 65.2 Å². The lowest BCUT2D eigenvalue weighted by Gasteiger charge is -2.06. The van der Waals surface area contributed by atoms with Crippen LogP contribution in [0.5, 0.6) is 0 Å². The Morgan fingerprint density at radius 2 is 1.82 bits per heavy atom. The number of Topliss-reactive ketones (excluding diaryl/α,β-unsaturated/α-hetero) is 1. The number of rotatable bonds is 6. The van der Waals surface area contributed by atoms with E-state index in [1.54, 1.807) is 6.92 Å². The molecule has 4 rings (SSSR count). The number of benzene rings is 2. The zero-order chi connectivity index (χ0) is 19.5. The summed E-state index contributed by atoms with van der Waals surface area (Å²) in [5.41, 5.74) is 4.64. The molecule has 2 aromatic heterocycles. The zero-order valence-electron chi connectivity index (χ0n) is 15.8. The molecule has 2 aromatic carbocycles. The summed E-state index contributed by atoms with van der Waals surface area (Å²) in [7, 11) is 0. The van der Waals surface area contributed by atoms with Gasteiger partial charge in [-0.2, -0.15) is 10.1 Å². The van der Waals surface area contributed by atoms with Crippen molar-refractivity contribution in [1.82, 2.24) is 19.9 Å². The molecule has 0 unspecified atom stereocenters. The van der Waals surface area contributed by atoms with E-state index in [0.717, 1.165) is 22.4 Å². The first-order valence-electron chi connectivity index (χ1n) is 9.10. The Morgan fingerprint density at radius 1 is 1.04 bits per heavy atom. The molecule has 0 fully saturated rings. The standard InChI is InChI=1S/C22H20N4O2/c1-15-11-20(22-23-21(25-28-22)19-9-4-3-5-10-19)24-26(15)14-18-8-6-7-17(13-18)12-16(2)27/h3-11,13H,12,14H2,1-2H3. The fraction of sp³-hybridized carbons (Fsp3) is 0.182. The van der Waals surface area contributed by atoms with Crippen molar-refractivity contribution in [1.29, 1.82) is 0 Å². The predicted molar refractivity (Wildman–Crippen MR) is 106 cm³/mol. The molecular weight excluding hydrogens is 352 g/mol. The molecule has 0 N–H and O–H groups in total. The third-order valence-electron chi connectivity index (χ3n) is 4.44. The summed E-state index contributed by atoms with van der Waals surface area (Å²) in [5, 5.41) is 8.68. The topological polar surface area (TPSA) is 73.8 Å². The van der Waals surface area contributed by atoms with Gasteiger partial charge in [0.1, 0.15) is 5.78 Å². The van der Waals surface area contributed by atoms with Crippen molar-refractivity contribution in [2.75, 3.05) is 0 Å². The molecule has 0 radical (unpaired) electrons. The van der Waals surface area contributed by atoms with E-state index in [4.69, 9.17) is 4.52 Å². The molecule has 0 aliphatic heterocycles. The zero-order valence-corrected chi connectivity index (χ0v) is 15.8. The average molecular weight is 372 g/mol. The van der Waals surface area contributed by atoms with Gasteiger partial charge in [-0.15, -0.1) is 0 Å². The van der Waals surface area contributed by atoms with Crippen molar-refractivity contribution >= 4 is 5.78 Å². The molecular formula is C22H20N4O2. The molecule has 0 saturated heterocycles. The summed E-state index contributed by atoms with van der Waals surface area (Å²) < 4.78 is 7.31. The fourth-order valence-corrected chi connectivity index (χ4v) is 3.11. The second-order valence-corrected chi connectivity index (χ2v) is 6.82. The molecule has 4 aromatic rings. The first-order valence-corrected chi connectivity index (χ1v) is 9.10. The van der Waals surface area contributed by atoms with Gasteiger partial charge in [-0.1, -0.05) is 59.8 Å². The van der Waals surface area contributed by atoms with Gasteiger partial charge in [0, 0.05) is 17.7 Å². The van der Waals surface area contributed by atoms with Crippen LogP contribution in [0.4, 0.5) is 0 Å². The molecule has 0 spiro atoms. The molecule has 140 valence electrons. The van der Waals surface area contributed by atoms with Crippen LogP contribution >= 0.6 is 0 Å². The molecule has 0 aliphatic rings. The number of aromatic nitrogens is 4. The lowest BCUT2D eigenvalue weighted by molar-refractivity contribution is -0.116. The van der Waals surface area contributed by atoms with Crippen LogP contribution in [0.3, 0.4) is 0 Å². The molecule has 0 amide bonds. The van der Waals surface area contributed by atoms with Gasteiger partial charge in [0.15, 0.2) is 5.69 Å². The SMILES string of the molecule is CC(=O)Cc1cccc(Cn2nc(-c3nc(-c4ccccc4)no3)cc2C)c1. The monoisotopic (exact) mass is 372 g/mol. The van der Waals surface area contributed by atoms with Gasteiger partial charge in [0.2, 0.25) is 5.82 Å². The van der Waals surface area contributed by atoms with Crippen molar-refractivity contribution in [2.45, 2.75) is 26.8 Å². The molecule has 0 atom stereocenters. The summed E-state index contributed by atoms with van der Waals surface area (Å²) in [6, 6.07) is 19.6. The number of hydrogen-bond donors (Lipinski definition) is 0. The second kappa shape index (κ2) is 7.60. The third kappa shape index (κ3) is 3.91. The number of nitrogens with zero attached hydrogens (tertiary/aromatic N) is 4. The average Bonchev–Trinajstić information content (AvgIpc) is 3.30. The highest BCUT2D eigenvalue weighted by Gasteiger charge is 2.15. The second-order valence-electron chi connectivity index (χ2n) is 6.82. The molecule has 2 heterocycles. The Morgan fingerprint density at radius 3 is 2.61 bits per heavy atom. The largest absolute Gasteiger partial charge is 0.332 e. The number of aryl methyl sites for hydroxylation is 1. The van der Waals surface area contributed by atoms with Crippen LogP contribution in [0.25, 0.3) is 23.0 Å². The number of ketones is 1. The number of carbonyl (C=O) groups is 1. The minimum Gasteiger partial charge on any atom is -0.332 e. The smallest absolute Gasteiger partial charge is 0.278 e. The van der Waals surface area contributed by atoms with E-state index in [1.807, 2.05) is 72.3 Å². The van der Waals surface area contributed by atoms with Gasteiger partial charge in [-0.25, -0.2) is 0 Å². The van der Waals surface area contributed by atoms with Gasteiger partial charge in [-0.05, 0) is 31.0 Å². The van der Waals surface area contributed by atoms with Crippen molar-refractivity contribution in [3.63, 3.8) is 0 Å². The molecule has 6 heteroatoms. The van der Waals surface area contributed by atoms with Gasteiger partial charge >= 0.3 is 0 Å². The predicted octanol–water partition coefficient (Wildman–Crippen LogP) is 4.09. The van der Waals surface area contributed by atoms with Crippen molar-refractivity contribution < 1.29 is 9.32 Å². The van der Waals surface area contributed by atoms with Gasteiger partial charge in [0.05, 0.1) is 6.54 Å². The Hall–Kier alpha value is -3.54. The first-order chi connectivity index (χ1) is 13.6. The number of hydrogen-bond acceptors (Lipinski definition) is 5. The van der Waals surface area contributed by atoms with Crippen LogP contribution in [-0.2, 0) is 17.8 Å². The Kier molecular flexibility index (Phi) is 4.85. The van der Waals surface area contributed by atoms with Crippen LogP contribution in [-0.4, -0.2) is 25.7 Å². The third-order valence-corrected chi connectivity index (χ3v) is 4.44. The highest BCUT2D eigenvalue weighted by molar-refractivity contribution is 5.78. The van der Waals surface area contributed by atoms with Gasteiger partial charge in [0.25, 0.3) is 5.89 Å². The van der Waals surface area contributed by atoms with Gasteiger partial charge in [-0.3, -0.25) is 9.48 Å². The summed E-state index contributed by atoms with van der Waals surface area (Å²) in [4.78, 5) is 15.8. The van der Waals surface area contributed by atoms with E-state index in [-0.39, 0.29) is 5.78 Å². The normalized spacial score (nSPS) is 10.9. The Bertz CT molecular complexity index is 1110. The molecule has 28 heavy (non-hydrogen) atoms.